The van der Waals surface area contributed by atoms with Gasteiger partial charge in [0.1, 0.15) is 5.84 Å². The van der Waals surface area contributed by atoms with Gasteiger partial charge in [0, 0.05) is 19.1 Å². The highest BCUT2D eigenvalue weighted by Crippen LogP contribution is 2.29. The van der Waals surface area contributed by atoms with Gasteiger partial charge in [0.05, 0.1) is 29.4 Å². The highest BCUT2D eigenvalue weighted by atomic mass is 16.5. The molecule has 0 spiro atoms. The summed E-state index contributed by atoms with van der Waals surface area (Å²) in [5, 5.41) is 7.49. The molecule has 0 saturated heterocycles. The van der Waals surface area contributed by atoms with Crippen molar-refractivity contribution in [1.29, 1.82) is 5.41 Å². The average molecular weight is 280 g/mol. The molecule has 0 saturated carbocycles. The topological polar surface area (TPSA) is 84.3 Å². The number of aliphatic imine (C=N–C) groups is 1. The van der Waals surface area contributed by atoms with Crippen molar-refractivity contribution in [3.05, 3.63) is 58.9 Å². The second kappa shape index (κ2) is 5.46. The average Bonchev–Trinajstić information content (AvgIpc) is 2.91. The zero-order chi connectivity index (χ0) is 14.8. The molecule has 2 aromatic rings. The van der Waals surface area contributed by atoms with Gasteiger partial charge < -0.3 is 10.5 Å². The third-order valence-electron chi connectivity index (χ3n) is 3.40. The van der Waals surface area contributed by atoms with Crippen LogP contribution in [0.1, 0.15) is 22.5 Å². The normalized spacial score (nSPS) is 12.9. The number of amidine groups is 1. The Labute approximate surface area is 123 Å². The third-order valence-corrected chi connectivity index (χ3v) is 3.40. The molecule has 106 valence electrons. The summed E-state index contributed by atoms with van der Waals surface area (Å²) in [4.78, 5) is 9.19. The fourth-order valence-electron chi connectivity index (χ4n) is 2.37. The summed E-state index contributed by atoms with van der Waals surface area (Å²) in [5.74, 6) is 0.0571. The van der Waals surface area contributed by atoms with Crippen LogP contribution in [-0.2, 0) is 17.8 Å². The van der Waals surface area contributed by atoms with E-state index in [2.05, 4.69) is 9.98 Å². The molecule has 3 N–H and O–H groups in total. The molecule has 0 radical (unpaired) electrons. The van der Waals surface area contributed by atoms with Crippen molar-refractivity contribution in [2.45, 2.75) is 13.0 Å². The SMILES string of the molecule is COCc1cccc(C2=Nc3cc(C(=N)N)ccc3C2)n1. The van der Waals surface area contributed by atoms with Crippen LogP contribution in [0.3, 0.4) is 0 Å². The first-order valence-electron chi connectivity index (χ1n) is 6.67. The molecule has 0 bridgehead atoms. The van der Waals surface area contributed by atoms with Gasteiger partial charge >= 0.3 is 0 Å². The number of hydrogen-bond acceptors (Lipinski definition) is 4. The molecule has 1 aliphatic heterocycles. The van der Waals surface area contributed by atoms with E-state index in [-0.39, 0.29) is 5.84 Å². The van der Waals surface area contributed by atoms with Crippen LogP contribution in [0.15, 0.2) is 41.4 Å². The lowest BCUT2D eigenvalue weighted by atomic mass is 10.1. The van der Waals surface area contributed by atoms with Crippen LogP contribution in [-0.4, -0.2) is 23.6 Å². The Balaban J connectivity index is 1.93. The van der Waals surface area contributed by atoms with Gasteiger partial charge in [-0.25, -0.2) is 4.98 Å². The fourth-order valence-corrected chi connectivity index (χ4v) is 2.37. The number of pyridine rings is 1. The molecule has 5 heteroatoms. The first-order chi connectivity index (χ1) is 10.2. The molecule has 0 atom stereocenters. The lowest BCUT2D eigenvalue weighted by Crippen LogP contribution is -2.10. The van der Waals surface area contributed by atoms with Gasteiger partial charge in [0.25, 0.3) is 0 Å². The van der Waals surface area contributed by atoms with E-state index in [1.165, 1.54) is 0 Å². The van der Waals surface area contributed by atoms with Gasteiger partial charge in [-0.3, -0.25) is 10.4 Å². The van der Waals surface area contributed by atoms with Gasteiger partial charge in [-0.2, -0.15) is 0 Å². The van der Waals surface area contributed by atoms with Gasteiger partial charge in [-0.1, -0.05) is 18.2 Å². The number of nitrogens with one attached hydrogen (secondary N) is 1. The Morgan fingerprint density at radius 1 is 1.33 bits per heavy atom. The minimum absolute atomic E-state index is 0.0571. The quantitative estimate of drug-likeness (QED) is 0.665. The molecule has 0 fully saturated rings. The summed E-state index contributed by atoms with van der Waals surface area (Å²) in [5.41, 5.74) is 10.9. The first kappa shape index (κ1) is 13.5. The Kier molecular flexibility index (Phi) is 3.50. The molecular weight excluding hydrogens is 264 g/mol. The summed E-state index contributed by atoms with van der Waals surface area (Å²) in [6.45, 7) is 0.489. The highest BCUT2D eigenvalue weighted by molar-refractivity contribution is 6.06. The van der Waals surface area contributed by atoms with Crippen LogP contribution < -0.4 is 5.73 Å². The van der Waals surface area contributed by atoms with Crippen LogP contribution in [0, 0.1) is 5.41 Å². The second-order valence-electron chi connectivity index (χ2n) is 4.94. The number of rotatable bonds is 4. The predicted molar refractivity (Wildman–Crippen MR) is 82.3 cm³/mol. The summed E-state index contributed by atoms with van der Waals surface area (Å²) in [7, 11) is 1.65. The van der Waals surface area contributed by atoms with Gasteiger partial charge in [-0.15, -0.1) is 0 Å². The van der Waals surface area contributed by atoms with E-state index in [0.717, 1.165) is 34.8 Å². The van der Waals surface area contributed by atoms with E-state index in [1.54, 1.807) is 7.11 Å². The van der Waals surface area contributed by atoms with Crippen molar-refractivity contribution in [3.63, 3.8) is 0 Å². The number of methoxy groups -OCH3 is 1. The van der Waals surface area contributed by atoms with Crippen molar-refractivity contribution in [3.8, 4) is 0 Å². The first-order valence-corrected chi connectivity index (χ1v) is 6.67. The number of aromatic nitrogens is 1. The molecule has 0 unspecified atom stereocenters. The van der Waals surface area contributed by atoms with Crippen molar-refractivity contribution in [2.24, 2.45) is 10.7 Å². The van der Waals surface area contributed by atoms with Crippen LogP contribution in [0.5, 0.6) is 0 Å². The minimum atomic E-state index is 0.0571. The molecule has 2 heterocycles. The summed E-state index contributed by atoms with van der Waals surface area (Å²) >= 11 is 0. The number of benzene rings is 1. The van der Waals surface area contributed by atoms with Crippen LogP contribution in [0.4, 0.5) is 5.69 Å². The fraction of sp³-hybridized carbons (Fsp3) is 0.188. The van der Waals surface area contributed by atoms with Crippen molar-refractivity contribution in [2.75, 3.05) is 7.11 Å². The molecule has 5 nitrogen and oxygen atoms in total. The van der Waals surface area contributed by atoms with E-state index in [9.17, 15) is 0 Å². The van der Waals surface area contributed by atoms with E-state index >= 15 is 0 Å². The Hall–Kier alpha value is -2.53. The van der Waals surface area contributed by atoms with E-state index < -0.39 is 0 Å². The highest BCUT2D eigenvalue weighted by Gasteiger charge is 2.18. The lowest BCUT2D eigenvalue weighted by molar-refractivity contribution is 0.181. The standard InChI is InChI=1S/C16H16N4O/c1-21-9-12-3-2-4-13(19-12)15-7-10-5-6-11(16(17)18)8-14(10)20-15/h2-6,8H,7,9H2,1H3,(H3,17,18). The zero-order valence-electron chi connectivity index (χ0n) is 11.8. The van der Waals surface area contributed by atoms with Crippen molar-refractivity contribution < 1.29 is 4.74 Å². The molecule has 1 aliphatic rings. The predicted octanol–water partition coefficient (Wildman–Crippen LogP) is 2.19. The molecule has 3 rings (SSSR count). The minimum Gasteiger partial charge on any atom is -0.384 e. The summed E-state index contributed by atoms with van der Waals surface area (Å²) < 4.78 is 5.11. The van der Waals surface area contributed by atoms with Crippen molar-refractivity contribution in [1.82, 2.24) is 4.98 Å². The van der Waals surface area contributed by atoms with E-state index in [0.29, 0.717) is 12.2 Å². The molecule has 1 aromatic heterocycles. The number of hydrogen-bond donors (Lipinski definition) is 2. The third kappa shape index (κ3) is 2.68. The lowest BCUT2D eigenvalue weighted by Gasteiger charge is -2.03. The van der Waals surface area contributed by atoms with Crippen LogP contribution in [0.25, 0.3) is 0 Å². The maximum absolute atomic E-state index is 7.49. The Bertz CT molecular complexity index is 737. The maximum Gasteiger partial charge on any atom is 0.122 e. The van der Waals surface area contributed by atoms with Gasteiger partial charge in [0.2, 0.25) is 0 Å². The molecule has 0 aliphatic carbocycles. The van der Waals surface area contributed by atoms with Crippen LogP contribution in [0.2, 0.25) is 0 Å². The van der Waals surface area contributed by atoms with Gasteiger partial charge in [0.15, 0.2) is 0 Å². The number of ether oxygens (including phenoxy) is 1. The smallest absolute Gasteiger partial charge is 0.122 e. The number of nitrogens with zero attached hydrogens (tertiary/aromatic N) is 2. The van der Waals surface area contributed by atoms with E-state index in [1.807, 2.05) is 36.4 Å². The van der Waals surface area contributed by atoms with Gasteiger partial charge in [-0.05, 0) is 23.8 Å². The summed E-state index contributed by atoms with van der Waals surface area (Å²) in [6.07, 6.45) is 0.747. The summed E-state index contributed by atoms with van der Waals surface area (Å²) in [6, 6.07) is 11.5. The monoisotopic (exact) mass is 280 g/mol. The molecule has 0 amide bonds. The molecule has 21 heavy (non-hydrogen) atoms. The Morgan fingerprint density at radius 2 is 2.19 bits per heavy atom. The molecule has 1 aromatic carbocycles. The number of fused-ring (bicyclic) bond motifs is 1. The van der Waals surface area contributed by atoms with Crippen LogP contribution >= 0.6 is 0 Å². The number of nitrogen functional groups attached to an aromatic ring is 1. The van der Waals surface area contributed by atoms with Crippen molar-refractivity contribution >= 4 is 17.2 Å². The zero-order valence-corrected chi connectivity index (χ0v) is 11.8. The Morgan fingerprint density at radius 3 is 2.95 bits per heavy atom. The van der Waals surface area contributed by atoms with E-state index in [4.69, 9.17) is 15.9 Å². The number of nitrogens with two attached hydrogens (primary N) is 1. The maximum atomic E-state index is 7.49. The molecular formula is C16H16N4O. The second-order valence-corrected chi connectivity index (χ2v) is 4.94. The largest absolute Gasteiger partial charge is 0.384 e.